The van der Waals surface area contributed by atoms with Gasteiger partial charge in [0.15, 0.2) is 0 Å². The van der Waals surface area contributed by atoms with Gasteiger partial charge in [0, 0.05) is 24.7 Å². The number of nitrogens with zero attached hydrogens (tertiary/aromatic N) is 2. The Morgan fingerprint density at radius 3 is 2.07 bits per heavy atom. The number of carbonyl (C=O) groups is 1. The number of carbonyl (C=O) groups excluding carboxylic acids is 1. The fourth-order valence-electron chi connectivity index (χ4n) is 3.21. The Morgan fingerprint density at radius 1 is 0.967 bits per heavy atom. The summed E-state index contributed by atoms with van der Waals surface area (Å²) in [4.78, 5) is 24.1. The average molecular weight is 407 g/mol. The molecule has 0 bridgehead atoms. The molecule has 7 heteroatoms. The van der Waals surface area contributed by atoms with Gasteiger partial charge in [0.05, 0.1) is 11.6 Å². The summed E-state index contributed by atoms with van der Waals surface area (Å²) < 4.78 is 27.8. The Balaban J connectivity index is 1.73. The zero-order chi connectivity index (χ0) is 21.5. The second kappa shape index (κ2) is 9.61. The molecule has 2 aromatic carbocycles. The van der Waals surface area contributed by atoms with Gasteiger partial charge < -0.3 is 9.88 Å². The smallest absolute Gasteiger partial charge is 0.252 e. The molecule has 0 radical (unpaired) electrons. The predicted molar refractivity (Wildman–Crippen MR) is 108 cm³/mol. The van der Waals surface area contributed by atoms with Crippen LogP contribution in [0, 0.1) is 23.0 Å². The fraction of sp³-hybridized carbons (Fsp3) is 0.174. The summed E-state index contributed by atoms with van der Waals surface area (Å²) in [5.74, 6) is -1.24. The quantitative estimate of drug-likeness (QED) is 0.650. The Kier molecular flexibility index (Phi) is 6.71. The number of benzene rings is 2. The molecule has 1 N–H and O–H groups in total. The lowest BCUT2D eigenvalue weighted by Gasteiger charge is -2.19. The van der Waals surface area contributed by atoms with Gasteiger partial charge in [-0.1, -0.05) is 24.3 Å². The van der Waals surface area contributed by atoms with Gasteiger partial charge in [0.2, 0.25) is 0 Å². The van der Waals surface area contributed by atoms with Crippen molar-refractivity contribution in [1.82, 2.24) is 9.88 Å². The topological polar surface area (TPSA) is 74.9 Å². The minimum atomic E-state index is -0.376. The molecule has 0 fully saturated rings. The molecule has 1 amide bonds. The molecule has 0 aliphatic rings. The first kappa shape index (κ1) is 20.9. The van der Waals surface area contributed by atoms with E-state index in [9.17, 15) is 18.4 Å². The molecule has 152 valence electrons. The van der Waals surface area contributed by atoms with Crippen LogP contribution in [0.5, 0.6) is 0 Å². The molecule has 0 aliphatic heterocycles. The van der Waals surface area contributed by atoms with Crippen LogP contribution in [0.1, 0.15) is 33.8 Å². The molecule has 1 heterocycles. The summed E-state index contributed by atoms with van der Waals surface area (Å²) in [6, 6.07) is 16.7. The summed E-state index contributed by atoms with van der Waals surface area (Å²) in [6.45, 7) is 0.160. The number of halogens is 2. The van der Waals surface area contributed by atoms with Gasteiger partial charge in [-0.3, -0.25) is 9.59 Å². The lowest BCUT2D eigenvalue weighted by molar-refractivity contribution is 0.0952. The maximum absolute atomic E-state index is 13.3. The molecule has 0 aliphatic carbocycles. The fourth-order valence-corrected chi connectivity index (χ4v) is 3.21. The highest BCUT2D eigenvalue weighted by atomic mass is 19.1. The summed E-state index contributed by atoms with van der Waals surface area (Å²) in [5, 5.41) is 11.6. The minimum absolute atomic E-state index is 0.142. The van der Waals surface area contributed by atoms with Crippen LogP contribution in [0.2, 0.25) is 0 Å². The molecule has 0 unspecified atom stereocenters. The van der Waals surface area contributed by atoms with Crippen LogP contribution in [0.15, 0.2) is 71.7 Å². The third kappa shape index (κ3) is 5.17. The van der Waals surface area contributed by atoms with Crippen molar-refractivity contribution in [2.24, 2.45) is 0 Å². The van der Waals surface area contributed by atoms with Gasteiger partial charge in [0.25, 0.3) is 11.5 Å². The largest absolute Gasteiger partial charge is 0.352 e. The number of nitriles is 1. The van der Waals surface area contributed by atoms with Crippen LogP contribution in [0.3, 0.4) is 0 Å². The number of rotatable bonds is 7. The monoisotopic (exact) mass is 407 g/mol. The highest BCUT2D eigenvalue weighted by Crippen LogP contribution is 2.28. The molecule has 3 aromatic rings. The maximum atomic E-state index is 13.3. The molecule has 0 spiro atoms. The third-order valence-corrected chi connectivity index (χ3v) is 4.75. The van der Waals surface area contributed by atoms with Crippen molar-refractivity contribution in [2.75, 3.05) is 6.54 Å². The molecular formula is C23H19F2N3O2. The summed E-state index contributed by atoms with van der Waals surface area (Å²) in [7, 11) is 0. The Morgan fingerprint density at radius 2 is 1.53 bits per heavy atom. The van der Waals surface area contributed by atoms with Crippen molar-refractivity contribution in [2.45, 2.75) is 18.9 Å². The molecule has 0 saturated carbocycles. The van der Waals surface area contributed by atoms with Crippen molar-refractivity contribution in [3.05, 3.63) is 106 Å². The van der Waals surface area contributed by atoms with E-state index in [1.165, 1.54) is 42.6 Å². The van der Waals surface area contributed by atoms with E-state index in [1.54, 1.807) is 24.3 Å². The van der Waals surface area contributed by atoms with E-state index < -0.39 is 0 Å². The average Bonchev–Trinajstić information content (AvgIpc) is 2.74. The summed E-state index contributed by atoms with van der Waals surface area (Å²) >= 11 is 0. The molecule has 1 aromatic heterocycles. The van der Waals surface area contributed by atoms with Gasteiger partial charge in [-0.2, -0.15) is 5.26 Å². The number of hydrogen-bond donors (Lipinski definition) is 1. The highest BCUT2D eigenvalue weighted by Gasteiger charge is 2.16. The number of nitrogens with one attached hydrogen (secondary N) is 1. The van der Waals surface area contributed by atoms with Gasteiger partial charge in [-0.25, -0.2) is 8.78 Å². The number of amides is 1. The Bertz CT molecular complexity index is 1070. The molecule has 30 heavy (non-hydrogen) atoms. The van der Waals surface area contributed by atoms with E-state index in [0.29, 0.717) is 13.0 Å². The molecule has 3 rings (SSSR count). The first-order valence-electron chi connectivity index (χ1n) is 9.34. The van der Waals surface area contributed by atoms with Crippen LogP contribution in [-0.2, 0) is 6.54 Å². The standard InChI is InChI=1S/C23H19F2N3O2/c24-19-6-1-16(2-7-19)21(17-3-8-20(25)9-4-17)11-13-27-23(30)18-5-10-22(29)28(15-18)14-12-26/h1-10,15,21H,11,13-14H2,(H,27,30). The van der Waals surface area contributed by atoms with Gasteiger partial charge in [-0.15, -0.1) is 0 Å². The van der Waals surface area contributed by atoms with Crippen molar-refractivity contribution < 1.29 is 13.6 Å². The SMILES string of the molecule is N#CCn1cc(C(=O)NCCC(c2ccc(F)cc2)c2ccc(F)cc2)ccc1=O. The van der Waals surface area contributed by atoms with Crippen LogP contribution < -0.4 is 10.9 Å². The lowest BCUT2D eigenvalue weighted by atomic mass is 9.88. The zero-order valence-corrected chi connectivity index (χ0v) is 16.0. The molecule has 0 saturated heterocycles. The van der Waals surface area contributed by atoms with E-state index in [1.807, 2.05) is 6.07 Å². The van der Waals surface area contributed by atoms with Crippen LogP contribution in [-0.4, -0.2) is 17.0 Å². The van der Waals surface area contributed by atoms with Crippen molar-refractivity contribution in [3.8, 4) is 6.07 Å². The van der Waals surface area contributed by atoms with E-state index in [-0.39, 0.29) is 41.1 Å². The zero-order valence-electron chi connectivity index (χ0n) is 16.0. The van der Waals surface area contributed by atoms with Gasteiger partial charge >= 0.3 is 0 Å². The first-order valence-corrected chi connectivity index (χ1v) is 9.34. The van der Waals surface area contributed by atoms with Crippen molar-refractivity contribution in [3.63, 3.8) is 0 Å². The third-order valence-electron chi connectivity index (χ3n) is 4.75. The van der Waals surface area contributed by atoms with Crippen molar-refractivity contribution in [1.29, 1.82) is 5.26 Å². The molecular weight excluding hydrogens is 388 g/mol. The second-order valence-electron chi connectivity index (χ2n) is 6.74. The van der Waals surface area contributed by atoms with E-state index in [4.69, 9.17) is 5.26 Å². The van der Waals surface area contributed by atoms with Crippen LogP contribution >= 0.6 is 0 Å². The number of aromatic nitrogens is 1. The lowest BCUT2D eigenvalue weighted by Crippen LogP contribution is -2.28. The maximum Gasteiger partial charge on any atom is 0.252 e. The first-order chi connectivity index (χ1) is 14.5. The van der Waals surface area contributed by atoms with Crippen LogP contribution in [0.25, 0.3) is 0 Å². The Hall–Kier alpha value is -3.79. The van der Waals surface area contributed by atoms with Crippen molar-refractivity contribution >= 4 is 5.91 Å². The molecule has 0 atom stereocenters. The van der Waals surface area contributed by atoms with E-state index in [0.717, 1.165) is 15.7 Å². The minimum Gasteiger partial charge on any atom is -0.352 e. The predicted octanol–water partition coefficient (Wildman–Crippen LogP) is 3.60. The second-order valence-corrected chi connectivity index (χ2v) is 6.74. The molecule has 5 nitrogen and oxygen atoms in total. The number of pyridine rings is 1. The van der Waals surface area contributed by atoms with E-state index >= 15 is 0 Å². The Labute approximate surface area is 172 Å². The number of hydrogen-bond acceptors (Lipinski definition) is 3. The van der Waals surface area contributed by atoms with E-state index in [2.05, 4.69) is 5.32 Å². The summed E-state index contributed by atoms with van der Waals surface area (Å²) in [5.41, 5.74) is 1.60. The van der Waals surface area contributed by atoms with Crippen LogP contribution in [0.4, 0.5) is 8.78 Å². The van der Waals surface area contributed by atoms with Gasteiger partial charge in [-0.05, 0) is 47.9 Å². The summed E-state index contributed by atoms with van der Waals surface area (Å²) in [6.07, 6.45) is 1.85. The highest BCUT2D eigenvalue weighted by molar-refractivity contribution is 5.93. The normalized spacial score (nSPS) is 10.6. The van der Waals surface area contributed by atoms with Gasteiger partial charge in [0.1, 0.15) is 18.2 Å².